The summed E-state index contributed by atoms with van der Waals surface area (Å²) in [5.41, 5.74) is 3.24. The Morgan fingerprint density at radius 3 is 2.63 bits per heavy atom. The smallest absolute Gasteiger partial charge is 0.336 e. The average molecular weight is 378 g/mol. The third-order valence-corrected chi connectivity index (χ3v) is 4.71. The zero-order valence-electron chi connectivity index (χ0n) is 14.6. The van der Waals surface area contributed by atoms with Crippen molar-refractivity contribution < 1.29 is 14.3 Å². The number of fused-ring (bicyclic) bond motifs is 1. The molecule has 0 atom stereocenters. The number of hydrogen-bond donors (Lipinski definition) is 1. The molecule has 5 heteroatoms. The van der Waals surface area contributed by atoms with Crippen molar-refractivity contribution in [2.75, 3.05) is 0 Å². The number of aryl methyl sites for hydroxylation is 1. The molecule has 0 saturated carbocycles. The summed E-state index contributed by atoms with van der Waals surface area (Å²) in [7, 11) is 0. The number of pyridine rings is 1. The lowest BCUT2D eigenvalue weighted by Gasteiger charge is -2.07. The first kappa shape index (κ1) is 17.3. The van der Waals surface area contributed by atoms with Gasteiger partial charge in [-0.3, -0.25) is 0 Å². The maximum absolute atomic E-state index is 11.8. The number of hydrogen-bond acceptors (Lipinski definition) is 3. The molecule has 4 nitrogen and oxygen atoms in total. The number of rotatable bonds is 4. The Balaban J connectivity index is 1.84. The quantitative estimate of drug-likeness (QED) is 0.468. The van der Waals surface area contributed by atoms with E-state index in [2.05, 4.69) is 4.98 Å². The maximum atomic E-state index is 11.8. The number of benzene rings is 2. The number of nitrogens with zero attached hydrogens (tertiary/aromatic N) is 1. The Hall–Kier alpha value is -3.11. The molecule has 2 aromatic carbocycles. The van der Waals surface area contributed by atoms with Gasteiger partial charge in [-0.2, -0.15) is 0 Å². The van der Waals surface area contributed by atoms with Gasteiger partial charge in [0, 0.05) is 16.0 Å². The topological polar surface area (TPSA) is 63.3 Å². The molecule has 134 valence electrons. The van der Waals surface area contributed by atoms with E-state index in [1.54, 1.807) is 18.2 Å². The number of carboxylic acid groups (broad SMARTS) is 1. The first-order valence-electron chi connectivity index (χ1n) is 8.58. The summed E-state index contributed by atoms with van der Waals surface area (Å²) in [5.74, 6) is 0.167. The lowest BCUT2D eigenvalue weighted by Crippen LogP contribution is -2.00. The average Bonchev–Trinajstić information content (AvgIpc) is 3.17. The SMILES string of the molecule is CCc1ccc2nc(-c3ccc(-c4cccc(Cl)c4)o3)cc(C(=O)O)c2c1. The normalized spacial score (nSPS) is 11.0. The highest BCUT2D eigenvalue weighted by Gasteiger charge is 2.16. The minimum atomic E-state index is -0.987. The molecule has 1 N–H and O–H groups in total. The van der Waals surface area contributed by atoms with Crippen molar-refractivity contribution in [2.45, 2.75) is 13.3 Å². The summed E-state index contributed by atoms with van der Waals surface area (Å²) in [6, 6.07) is 18.2. The fraction of sp³-hybridized carbons (Fsp3) is 0.0909. The summed E-state index contributed by atoms with van der Waals surface area (Å²) in [5, 5.41) is 10.9. The van der Waals surface area contributed by atoms with Crippen molar-refractivity contribution in [3.05, 3.63) is 76.8 Å². The van der Waals surface area contributed by atoms with Gasteiger partial charge >= 0.3 is 5.97 Å². The molecular weight excluding hydrogens is 362 g/mol. The summed E-state index contributed by atoms with van der Waals surface area (Å²) >= 11 is 6.04. The van der Waals surface area contributed by atoms with Gasteiger partial charge in [-0.15, -0.1) is 0 Å². The van der Waals surface area contributed by atoms with Crippen LogP contribution in [0.25, 0.3) is 33.7 Å². The van der Waals surface area contributed by atoms with E-state index in [1.807, 2.05) is 49.4 Å². The van der Waals surface area contributed by atoms with Gasteiger partial charge in [0.05, 0.1) is 11.1 Å². The number of carboxylic acids is 1. The second-order valence-electron chi connectivity index (χ2n) is 6.24. The molecule has 4 rings (SSSR count). The van der Waals surface area contributed by atoms with E-state index in [9.17, 15) is 9.90 Å². The monoisotopic (exact) mass is 377 g/mol. The minimum absolute atomic E-state index is 0.214. The predicted octanol–water partition coefficient (Wildman–Crippen LogP) is 6.08. The van der Waals surface area contributed by atoms with Crippen LogP contribution in [0.15, 0.2) is 65.1 Å². The molecule has 0 fully saturated rings. The molecule has 0 aliphatic carbocycles. The molecule has 0 aliphatic heterocycles. The molecule has 0 unspecified atom stereocenters. The van der Waals surface area contributed by atoms with E-state index >= 15 is 0 Å². The standard InChI is InChI=1S/C22H16ClNO3/c1-2-13-6-7-18-16(10-13)17(22(25)26)12-19(24-18)21-9-8-20(27-21)14-4-3-5-15(23)11-14/h3-12H,2H2,1H3,(H,25,26). The van der Waals surface area contributed by atoms with E-state index in [4.69, 9.17) is 16.0 Å². The molecule has 2 aromatic heterocycles. The Labute approximate surface area is 161 Å². The Bertz CT molecular complexity index is 1160. The third kappa shape index (κ3) is 3.32. The van der Waals surface area contributed by atoms with Crippen LogP contribution in [0.3, 0.4) is 0 Å². The molecule has 27 heavy (non-hydrogen) atoms. The zero-order chi connectivity index (χ0) is 19.0. The summed E-state index contributed by atoms with van der Waals surface area (Å²) in [4.78, 5) is 16.4. The first-order chi connectivity index (χ1) is 13.0. The van der Waals surface area contributed by atoms with Gasteiger partial charge in [0.25, 0.3) is 0 Å². The Morgan fingerprint density at radius 1 is 1.07 bits per heavy atom. The van der Waals surface area contributed by atoms with E-state index in [1.165, 1.54) is 0 Å². The third-order valence-electron chi connectivity index (χ3n) is 4.48. The fourth-order valence-corrected chi connectivity index (χ4v) is 3.26. The van der Waals surface area contributed by atoms with Crippen molar-refractivity contribution in [1.82, 2.24) is 4.98 Å². The van der Waals surface area contributed by atoms with Gasteiger partial charge < -0.3 is 9.52 Å². The van der Waals surface area contributed by atoms with Crippen LogP contribution in [0, 0.1) is 0 Å². The van der Waals surface area contributed by atoms with E-state index in [-0.39, 0.29) is 5.56 Å². The van der Waals surface area contributed by atoms with Gasteiger partial charge in [-0.1, -0.05) is 36.7 Å². The Kier molecular flexibility index (Phi) is 4.42. The molecule has 0 spiro atoms. The number of aromatic nitrogens is 1. The zero-order valence-corrected chi connectivity index (χ0v) is 15.3. The van der Waals surface area contributed by atoms with Gasteiger partial charge in [0.1, 0.15) is 11.5 Å². The second-order valence-corrected chi connectivity index (χ2v) is 6.68. The van der Waals surface area contributed by atoms with Crippen molar-refractivity contribution in [3.63, 3.8) is 0 Å². The van der Waals surface area contributed by atoms with Gasteiger partial charge in [-0.05, 0) is 54.4 Å². The summed E-state index contributed by atoms with van der Waals surface area (Å²) in [6.07, 6.45) is 0.831. The van der Waals surface area contributed by atoms with Crippen molar-refractivity contribution in [3.8, 4) is 22.8 Å². The van der Waals surface area contributed by atoms with Crippen LogP contribution in [0.2, 0.25) is 5.02 Å². The number of aromatic carboxylic acids is 1. The largest absolute Gasteiger partial charge is 0.478 e. The fourth-order valence-electron chi connectivity index (χ4n) is 3.07. The summed E-state index contributed by atoms with van der Waals surface area (Å²) in [6.45, 7) is 2.03. The number of carbonyl (C=O) groups is 1. The first-order valence-corrected chi connectivity index (χ1v) is 8.96. The van der Waals surface area contributed by atoms with Crippen molar-refractivity contribution in [2.24, 2.45) is 0 Å². The molecule has 0 saturated heterocycles. The van der Waals surface area contributed by atoms with Crippen LogP contribution in [0.4, 0.5) is 0 Å². The van der Waals surface area contributed by atoms with E-state index in [0.717, 1.165) is 17.5 Å². The highest BCUT2D eigenvalue weighted by Crippen LogP contribution is 2.31. The van der Waals surface area contributed by atoms with Gasteiger partial charge in [0.15, 0.2) is 5.76 Å². The lowest BCUT2D eigenvalue weighted by atomic mass is 10.0. The van der Waals surface area contributed by atoms with E-state index in [0.29, 0.717) is 33.1 Å². The van der Waals surface area contributed by atoms with Crippen LogP contribution in [-0.4, -0.2) is 16.1 Å². The minimum Gasteiger partial charge on any atom is -0.478 e. The molecule has 0 bridgehead atoms. The van der Waals surface area contributed by atoms with Crippen LogP contribution in [0.5, 0.6) is 0 Å². The highest BCUT2D eigenvalue weighted by atomic mass is 35.5. The molecule has 0 radical (unpaired) electrons. The maximum Gasteiger partial charge on any atom is 0.336 e. The van der Waals surface area contributed by atoms with Crippen LogP contribution < -0.4 is 0 Å². The lowest BCUT2D eigenvalue weighted by molar-refractivity contribution is 0.0699. The molecule has 0 aliphatic rings. The van der Waals surface area contributed by atoms with Crippen molar-refractivity contribution in [1.29, 1.82) is 0 Å². The summed E-state index contributed by atoms with van der Waals surface area (Å²) < 4.78 is 5.93. The van der Waals surface area contributed by atoms with Crippen LogP contribution >= 0.6 is 11.6 Å². The van der Waals surface area contributed by atoms with Crippen LogP contribution in [0.1, 0.15) is 22.8 Å². The predicted molar refractivity (Wildman–Crippen MR) is 106 cm³/mol. The van der Waals surface area contributed by atoms with E-state index < -0.39 is 5.97 Å². The van der Waals surface area contributed by atoms with Gasteiger partial charge in [-0.25, -0.2) is 9.78 Å². The van der Waals surface area contributed by atoms with Crippen LogP contribution in [-0.2, 0) is 6.42 Å². The van der Waals surface area contributed by atoms with Crippen molar-refractivity contribution >= 4 is 28.5 Å². The molecule has 2 heterocycles. The van der Waals surface area contributed by atoms with Gasteiger partial charge in [0.2, 0.25) is 0 Å². The molecular formula is C22H16ClNO3. The number of furan rings is 1. The highest BCUT2D eigenvalue weighted by molar-refractivity contribution is 6.30. The molecule has 4 aromatic rings. The molecule has 0 amide bonds. The second kappa shape index (κ2) is 6.89. The Morgan fingerprint density at radius 2 is 1.89 bits per heavy atom. The number of halogens is 1.